The number of methoxy groups -OCH3 is 2. The van der Waals surface area contributed by atoms with Crippen molar-refractivity contribution in [3.63, 3.8) is 0 Å². The average molecular weight is 306 g/mol. The summed E-state index contributed by atoms with van der Waals surface area (Å²) in [5.74, 6) is 2.50. The fourth-order valence-electron chi connectivity index (χ4n) is 2.26. The van der Waals surface area contributed by atoms with Crippen molar-refractivity contribution in [1.82, 2.24) is 9.97 Å². The topological polar surface area (TPSA) is 70.3 Å². The van der Waals surface area contributed by atoms with Crippen LogP contribution in [-0.2, 0) is 0 Å². The van der Waals surface area contributed by atoms with E-state index in [-0.39, 0.29) is 0 Å². The van der Waals surface area contributed by atoms with Gasteiger partial charge in [0.05, 0.1) is 19.2 Å². The van der Waals surface area contributed by atoms with Crippen LogP contribution in [0, 0.1) is 0 Å². The zero-order valence-electron chi connectivity index (χ0n) is 11.9. The maximum atomic E-state index is 6.40. The number of aromatic nitrogens is 2. The lowest BCUT2D eigenvalue weighted by atomic mass is 10.1. The maximum Gasteiger partial charge on any atom is 0.180 e. The van der Waals surface area contributed by atoms with Crippen molar-refractivity contribution in [2.75, 3.05) is 20.0 Å². The SMILES string of the molecule is COc1ccc(-c2nc(N)cc(C3CC3)n2)c(Cl)c1OC. The lowest BCUT2D eigenvalue weighted by molar-refractivity contribution is 0.355. The van der Waals surface area contributed by atoms with Crippen molar-refractivity contribution in [2.45, 2.75) is 18.8 Å². The fraction of sp³-hybridized carbons (Fsp3) is 0.333. The Morgan fingerprint density at radius 3 is 2.57 bits per heavy atom. The number of hydrogen-bond acceptors (Lipinski definition) is 5. The van der Waals surface area contributed by atoms with E-state index in [1.165, 1.54) is 0 Å². The second-order valence-electron chi connectivity index (χ2n) is 4.98. The third kappa shape index (κ3) is 2.61. The summed E-state index contributed by atoms with van der Waals surface area (Å²) in [6.45, 7) is 0. The van der Waals surface area contributed by atoms with Gasteiger partial charge in [0.25, 0.3) is 0 Å². The first-order valence-electron chi connectivity index (χ1n) is 6.69. The Kier molecular flexibility index (Phi) is 3.59. The van der Waals surface area contributed by atoms with E-state index in [4.69, 9.17) is 26.8 Å². The van der Waals surface area contributed by atoms with Crippen LogP contribution in [0.2, 0.25) is 5.02 Å². The van der Waals surface area contributed by atoms with Gasteiger partial charge in [-0.2, -0.15) is 0 Å². The van der Waals surface area contributed by atoms with Crippen LogP contribution in [0.15, 0.2) is 18.2 Å². The van der Waals surface area contributed by atoms with Crippen molar-refractivity contribution >= 4 is 17.4 Å². The molecule has 0 saturated heterocycles. The van der Waals surface area contributed by atoms with E-state index < -0.39 is 0 Å². The van der Waals surface area contributed by atoms with Gasteiger partial charge in [-0.05, 0) is 25.0 Å². The van der Waals surface area contributed by atoms with Gasteiger partial charge in [0.1, 0.15) is 5.82 Å². The van der Waals surface area contributed by atoms with E-state index in [9.17, 15) is 0 Å². The van der Waals surface area contributed by atoms with Crippen LogP contribution in [0.1, 0.15) is 24.5 Å². The first-order valence-corrected chi connectivity index (χ1v) is 7.07. The van der Waals surface area contributed by atoms with Crippen molar-refractivity contribution in [3.8, 4) is 22.9 Å². The Bertz CT molecular complexity index is 687. The molecule has 5 nitrogen and oxygen atoms in total. The molecular weight excluding hydrogens is 290 g/mol. The van der Waals surface area contributed by atoms with Crippen LogP contribution in [-0.4, -0.2) is 24.2 Å². The molecule has 0 radical (unpaired) electrons. The largest absolute Gasteiger partial charge is 0.493 e. The predicted octanol–water partition coefficient (Wildman–Crippen LogP) is 3.27. The molecule has 1 heterocycles. The van der Waals surface area contributed by atoms with E-state index >= 15 is 0 Å². The standard InChI is InChI=1S/C15H16ClN3O2/c1-20-11-6-5-9(13(16)14(11)21-2)15-18-10(8-3-4-8)7-12(17)19-15/h5-8H,3-4H2,1-2H3,(H2,17,18,19). The first-order chi connectivity index (χ1) is 10.1. The molecule has 1 aliphatic rings. The van der Waals surface area contributed by atoms with Crippen molar-refractivity contribution in [3.05, 3.63) is 28.9 Å². The maximum absolute atomic E-state index is 6.40. The van der Waals surface area contributed by atoms with E-state index in [2.05, 4.69) is 9.97 Å². The minimum Gasteiger partial charge on any atom is -0.493 e. The molecule has 0 unspecified atom stereocenters. The van der Waals surface area contributed by atoms with Gasteiger partial charge in [0, 0.05) is 23.2 Å². The quantitative estimate of drug-likeness (QED) is 0.938. The highest BCUT2D eigenvalue weighted by molar-refractivity contribution is 6.35. The summed E-state index contributed by atoms with van der Waals surface area (Å²) in [7, 11) is 3.11. The number of nitrogens with zero attached hydrogens (tertiary/aromatic N) is 2. The Labute approximate surface area is 128 Å². The van der Waals surface area contributed by atoms with Crippen molar-refractivity contribution < 1.29 is 9.47 Å². The molecule has 0 atom stereocenters. The van der Waals surface area contributed by atoms with Gasteiger partial charge in [-0.3, -0.25) is 0 Å². The number of rotatable bonds is 4. The lowest BCUT2D eigenvalue weighted by Gasteiger charge is -2.13. The molecule has 1 fully saturated rings. The number of benzene rings is 1. The van der Waals surface area contributed by atoms with E-state index in [0.717, 1.165) is 18.5 Å². The number of nitrogens with two attached hydrogens (primary N) is 1. The number of anilines is 1. The highest BCUT2D eigenvalue weighted by atomic mass is 35.5. The molecule has 0 bridgehead atoms. The number of nitrogen functional groups attached to an aromatic ring is 1. The normalized spacial score (nSPS) is 14.0. The molecule has 1 aromatic carbocycles. The molecule has 21 heavy (non-hydrogen) atoms. The average Bonchev–Trinajstić information content (AvgIpc) is 3.30. The molecular formula is C15H16ClN3O2. The zero-order valence-corrected chi connectivity index (χ0v) is 12.6. The molecule has 2 aromatic rings. The molecule has 1 aromatic heterocycles. The summed E-state index contributed by atoms with van der Waals surface area (Å²) in [6, 6.07) is 5.42. The van der Waals surface area contributed by atoms with Crippen LogP contribution in [0.3, 0.4) is 0 Å². The molecule has 6 heteroatoms. The van der Waals surface area contributed by atoms with E-state index in [1.54, 1.807) is 20.3 Å². The monoisotopic (exact) mass is 305 g/mol. The van der Waals surface area contributed by atoms with Gasteiger partial charge in [-0.1, -0.05) is 11.6 Å². The Morgan fingerprint density at radius 2 is 1.95 bits per heavy atom. The van der Waals surface area contributed by atoms with Gasteiger partial charge in [0.2, 0.25) is 0 Å². The Balaban J connectivity index is 2.12. The minimum atomic E-state index is 0.421. The predicted molar refractivity (Wildman–Crippen MR) is 82.0 cm³/mol. The fourth-order valence-corrected chi connectivity index (χ4v) is 2.57. The first kappa shape index (κ1) is 13.9. The third-order valence-electron chi connectivity index (χ3n) is 3.49. The summed E-state index contributed by atoms with van der Waals surface area (Å²) < 4.78 is 10.5. The molecule has 0 amide bonds. The van der Waals surface area contributed by atoms with Crippen molar-refractivity contribution in [1.29, 1.82) is 0 Å². The van der Waals surface area contributed by atoms with E-state index in [0.29, 0.717) is 39.6 Å². The molecule has 2 N–H and O–H groups in total. The molecule has 1 saturated carbocycles. The summed E-state index contributed by atoms with van der Waals surface area (Å²) in [6.07, 6.45) is 2.30. The molecule has 110 valence electrons. The number of hydrogen-bond donors (Lipinski definition) is 1. The van der Waals surface area contributed by atoms with E-state index in [1.807, 2.05) is 12.1 Å². The zero-order chi connectivity index (χ0) is 15.0. The van der Waals surface area contributed by atoms with Crippen LogP contribution in [0.4, 0.5) is 5.82 Å². The summed E-state index contributed by atoms with van der Waals surface area (Å²) in [4.78, 5) is 8.88. The second kappa shape index (κ2) is 5.41. The second-order valence-corrected chi connectivity index (χ2v) is 5.36. The number of halogens is 1. The van der Waals surface area contributed by atoms with Gasteiger partial charge >= 0.3 is 0 Å². The Morgan fingerprint density at radius 1 is 1.19 bits per heavy atom. The summed E-state index contributed by atoms with van der Waals surface area (Å²) in [5, 5.41) is 0.421. The molecule has 0 aliphatic heterocycles. The van der Waals surface area contributed by atoms with Crippen molar-refractivity contribution in [2.24, 2.45) is 0 Å². The smallest absolute Gasteiger partial charge is 0.180 e. The number of ether oxygens (including phenoxy) is 2. The molecule has 3 rings (SSSR count). The van der Waals surface area contributed by atoms with Crippen LogP contribution < -0.4 is 15.2 Å². The summed E-state index contributed by atoms with van der Waals surface area (Å²) >= 11 is 6.40. The van der Waals surface area contributed by atoms with Gasteiger partial charge in [-0.15, -0.1) is 0 Å². The summed E-state index contributed by atoms with van der Waals surface area (Å²) in [5.41, 5.74) is 7.55. The molecule has 0 spiro atoms. The van der Waals surface area contributed by atoms with Gasteiger partial charge < -0.3 is 15.2 Å². The van der Waals surface area contributed by atoms with Gasteiger partial charge in [0.15, 0.2) is 17.3 Å². The van der Waals surface area contributed by atoms with Gasteiger partial charge in [-0.25, -0.2) is 9.97 Å². The van der Waals surface area contributed by atoms with Crippen LogP contribution >= 0.6 is 11.6 Å². The minimum absolute atomic E-state index is 0.421. The highest BCUT2D eigenvalue weighted by Gasteiger charge is 2.26. The van der Waals surface area contributed by atoms with Crippen LogP contribution in [0.25, 0.3) is 11.4 Å². The highest BCUT2D eigenvalue weighted by Crippen LogP contribution is 2.43. The lowest BCUT2D eigenvalue weighted by Crippen LogP contribution is -2.01. The third-order valence-corrected chi connectivity index (χ3v) is 3.86. The van der Waals surface area contributed by atoms with Crippen LogP contribution in [0.5, 0.6) is 11.5 Å². The Hall–Kier alpha value is -2.01. The molecule has 1 aliphatic carbocycles.